The standard InChI is InChI=1S/C29H39NO3/c1-19(31)33-22-12-15-27(2)20(18-22)10-11-24-23(27)13-16-29(4)25(14-17-28(24,29)3)26(32)30-21-8-6-5-7-9-21/h5-10,22-25H,11-18H2,1-4H3,(H,30,32)/t22-,23+,24-,25-,27+,28+,29-/m1/s1. The van der Waals surface area contributed by atoms with Gasteiger partial charge in [0.05, 0.1) is 0 Å². The van der Waals surface area contributed by atoms with E-state index >= 15 is 0 Å². The van der Waals surface area contributed by atoms with E-state index in [0.717, 1.165) is 50.6 Å². The summed E-state index contributed by atoms with van der Waals surface area (Å²) in [5.74, 6) is 1.38. The van der Waals surface area contributed by atoms with Crippen LogP contribution in [0.1, 0.15) is 79.1 Å². The van der Waals surface area contributed by atoms with Crippen molar-refractivity contribution in [3.05, 3.63) is 42.0 Å². The lowest BCUT2D eigenvalue weighted by Crippen LogP contribution is -2.56. The third-order valence-corrected chi connectivity index (χ3v) is 10.6. The Morgan fingerprint density at radius 1 is 0.939 bits per heavy atom. The summed E-state index contributed by atoms with van der Waals surface area (Å²) in [6.45, 7) is 8.89. The second-order valence-electron chi connectivity index (χ2n) is 11.9. The molecule has 0 spiro atoms. The van der Waals surface area contributed by atoms with Crippen molar-refractivity contribution < 1.29 is 14.3 Å². The molecule has 4 heteroatoms. The summed E-state index contributed by atoms with van der Waals surface area (Å²) in [5.41, 5.74) is 2.82. The van der Waals surface area contributed by atoms with Crippen LogP contribution in [0.15, 0.2) is 42.0 Å². The number of benzene rings is 1. The van der Waals surface area contributed by atoms with Crippen LogP contribution in [0.2, 0.25) is 0 Å². The SMILES string of the molecule is CC(=O)O[C@@H]1CC[C@@]2(C)C(=CC[C@@H]3[C@@H]2CC[C@]2(C)[C@@H](C(=O)Nc4ccccc4)CC[C@@]32C)C1. The highest BCUT2D eigenvalue weighted by atomic mass is 16.5. The minimum absolute atomic E-state index is 0.0314. The number of hydrogen-bond acceptors (Lipinski definition) is 3. The maximum atomic E-state index is 13.4. The molecule has 4 nitrogen and oxygen atoms in total. The summed E-state index contributed by atoms with van der Waals surface area (Å²) >= 11 is 0. The van der Waals surface area contributed by atoms with Crippen LogP contribution in [0.25, 0.3) is 0 Å². The Labute approximate surface area is 198 Å². The summed E-state index contributed by atoms with van der Waals surface area (Å²) < 4.78 is 5.59. The van der Waals surface area contributed by atoms with Crippen LogP contribution in [0.3, 0.4) is 0 Å². The first-order valence-corrected chi connectivity index (χ1v) is 12.9. The van der Waals surface area contributed by atoms with E-state index in [2.05, 4.69) is 32.2 Å². The smallest absolute Gasteiger partial charge is 0.302 e. The monoisotopic (exact) mass is 449 g/mol. The van der Waals surface area contributed by atoms with Crippen molar-refractivity contribution in [1.29, 1.82) is 0 Å². The zero-order valence-electron chi connectivity index (χ0n) is 20.7. The molecule has 0 heterocycles. The molecule has 4 aliphatic rings. The summed E-state index contributed by atoms with van der Waals surface area (Å²) in [6, 6.07) is 9.89. The molecule has 1 amide bonds. The molecule has 0 saturated heterocycles. The molecular weight excluding hydrogens is 410 g/mol. The Kier molecular flexibility index (Phi) is 5.49. The third kappa shape index (κ3) is 3.47. The topological polar surface area (TPSA) is 55.4 Å². The van der Waals surface area contributed by atoms with Gasteiger partial charge in [0.2, 0.25) is 5.91 Å². The van der Waals surface area contributed by atoms with Gasteiger partial charge >= 0.3 is 5.97 Å². The fraction of sp³-hybridized carbons (Fsp3) is 0.655. The van der Waals surface area contributed by atoms with Crippen LogP contribution in [-0.4, -0.2) is 18.0 Å². The highest BCUT2D eigenvalue weighted by molar-refractivity contribution is 5.93. The molecule has 3 fully saturated rings. The van der Waals surface area contributed by atoms with Crippen LogP contribution < -0.4 is 5.32 Å². The number of hydrogen-bond donors (Lipinski definition) is 1. The summed E-state index contributed by atoms with van der Waals surface area (Å²) in [6.07, 6.45) is 11.0. The molecule has 1 aromatic rings. The number of para-hydroxylation sites is 1. The quantitative estimate of drug-likeness (QED) is 0.422. The zero-order valence-corrected chi connectivity index (χ0v) is 20.7. The second kappa shape index (κ2) is 7.99. The lowest BCUT2D eigenvalue weighted by molar-refractivity contribution is -0.150. The molecule has 178 valence electrons. The molecule has 3 saturated carbocycles. The molecule has 0 aromatic heterocycles. The van der Waals surface area contributed by atoms with Gasteiger partial charge < -0.3 is 10.1 Å². The fourth-order valence-corrected chi connectivity index (χ4v) is 8.52. The number of anilines is 1. The Hall–Kier alpha value is -2.10. The van der Waals surface area contributed by atoms with Crippen molar-refractivity contribution >= 4 is 17.6 Å². The Morgan fingerprint density at radius 3 is 2.39 bits per heavy atom. The predicted molar refractivity (Wildman–Crippen MR) is 130 cm³/mol. The van der Waals surface area contributed by atoms with E-state index in [4.69, 9.17) is 4.74 Å². The number of fused-ring (bicyclic) bond motifs is 5. The van der Waals surface area contributed by atoms with Gasteiger partial charge in [-0.2, -0.15) is 0 Å². The largest absolute Gasteiger partial charge is 0.462 e. The molecule has 0 aliphatic heterocycles. The molecular formula is C29H39NO3. The number of carbonyl (C=O) groups excluding carboxylic acids is 2. The van der Waals surface area contributed by atoms with Gasteiger partial charge in [-0.15, -0.1) is 0 Å². The van der Waals surface area contributed by atoms with Crippen molar-refractivity contribution in [1.82, 2.24) is 0 Å². The van der Waals surface area contributed by atoms with Gasteiger partial charge in [-0.1, -0.05) is 50.6 Å². The molecule has 7 atom stereocenters. The third-order valence-electron chi connectivity index (χ3n) is 10.6. The lowest BCUT2D eigenvalue weighted by atomic mass is 9.42. The minimum atomic E-state index is -0.162. The van der Waals surface area contributed by atoms with Crippen molar-refractivity contribution in [2.75, 3.05) is 5.32 Å². The van der Waals surface area contributed by atoms with Crippen molar-refractivity contribution in [3.8, 4) is 0 Å². The van der Waals surface area contributed by atoms with E-state index in [1.54, 1.807) is 0 Å². The molecule has 4 aliphatic carbocycles. The maximum Gasteiger partial charge on any atom is 0.302 e. The number of nitrogens with one attached hydrogen (secondary N) is 1. The van der Waals surface area contributed by atoms with Gasteiger partial charge in [0.25, 0.3) is 0 Å². The van der Waals surface area contributed by atoms with E-state index in [0.29, 0.717) is 11.8 Å². The average molecular weight is 450 g/mol. The first-order chi connectivity index (χ1) is 15.7. The normalized spacial score (nSPS) is 41.8. The average Bonchev–Trinajstić information content (AvgIpc) is 3.06. The molecule has 33 heavy (non-hydrogen) atoms. The zero-order chi connectivity index (χ0) is 23.4. The van der Waals surface area contributed by atoms with Crippen LogP contribution in [0, 0.1) is 34.0 Å². The van der Waals surface area contributed by atoms with Gasteiger partial charge in [-0.25, -0.2) is 0 Å². The first kappa shape index (κ1) is 22.7. The van der Waals surface area contributed by atoms with E-state index in [1.165, 1.54) is 18.9 Å². The second-order valence-corrected chi connectivity index (χ2v) is 11.9. The van der Waals surface area contributed by atoms with Crippen LogP contribution in [-0.2, 0) is 14.3 Å². The van der Waals surface area contributed by atoms with E-state index < -0.39 is 0 Å². The molecule has 1 aromatic carbocycles. The highest BCUT2D eigenvalue weighted by Crippen LogP contribution is 2.71. The number of esters is 1. The predicted octanol–water partition coefficient (Wildman–Crippen LogP) is 6.53. The molecule has 1 N–H and O–H groups in total. The number of amides is 1. The van der Waals surface area contributed by atoms with Gasteiger partial charge in [0, 0.05) is 24.9 Å². The molecule has 0 bridgehead atoms. The van der Waals surface area contributed by atoms with E-state index in [1.807, 2.05) is 30.3 Å². The maximum absolute atomic E-state index is 13.4. The van der Waals surface area contributed by atoms with Gasteiger partial charge in [0.15, 0.2) is 0 Å². The Bertz CT molecular complexity index is 970. The van der Waals surface area contributed by atoms with Gasteiger partial charge in [-0.05, 0) is 85.2 Å². The van der Waals surface area contributed by atoms with Crippen molar-refractivity contribution in [2.24, 2.45) is 34.0 Å². The van der Waals surface area contributed by atoms with Crippen molar-refractivity contribution in [2.45, 2.75) is 85.2 Å². The first-order valence-electron chi connectivity index (χ1n) is 12.9. The number of carbonyl (C=O) groups is 2. The Balaban J connectivity index is 1.38. The van der Waals surface area contributed by atoms with Gasteiger partial charge in [0.1, 0.15) is 6.10 Å². The summed E-state index contributed by atoms with van der Waals surface area (Å²) in [4.78, 5) is 24.9. The Morgan fingerprint density at radius 2 is 1.67 bits per heavy atom. The lowest BCUT2D eigenvalue weighted by Gasteiger charge is -2.62. The fourth-order valence-electron chi connectivity index (χ4n) is 8.52. The molecule has 5 rings (SSSR count). The van der Waals surface area contributed by atoms with E-state index in [9.17, 15) is 9.59 Å². The summed E-state index contributed by atoms with van der Waals surface area (Å²) in [5, 5.41) is 3.21. The highest BCUT2D eigenvalue weighted by Gasteiger charge is 2.65. The summed E-state index contributed by atoms with van der Waals surface area (Å²) in [7, 11) is 0. The van der Waals surface area contributed by atoms with E-state index in [-0.39, 0.29) is 40.1 Å². The molecule has 0 radical (unpaired) electrons. The number of allylic oxidation sites excluding steroid dienone is 1. The molecule has 0 unspecified atom stereocenters. The van der Waals surface area contributed by atoms with Crippen LogP contribution in [0.5, 0.6) is 0 Å². The number of ether oxygens (including phenoxy) is 1. The van der Waals surface area contributed by atoms with Crippen LogP contribution >= 0.6 is 0 Å². The van der Waals surface area contributed by atoms with Crippen molar-refractivity contribution in [3.63, 3.8) is 0 Å². The minimum Gasteiger partial charge on any atom is -0.462 e. The van der Waals surface area contributed by atoms with Gasteiger partial charge in [-0.3, -0.25) is 9.59 Å². The van der Waals surface area contributed by atoms with Crippen LogP contribution in [0.4, 0.5) is 5.69 Å². The number of rotatable bonds is 3.